The number of nitrogens with zero attached hydrogens (tertiary/aromatic N) is 1. The largest absolute Gasteiger partial charge is 0.312 e. The molecule has 0 spiro atoms. The first-order valence-corrected chi connectivity index (χ1v) is 8.17. The second-order valence-corrected chi connectivity index (χ2v) is 5.80. The average Bonchev–Trinajstić information content (AvgIpc) is 2.55. The number of nitrogens with one attached hydrogen (secondary N) is 1. The van der Waals surface area contributed by atoms with Crippen molar-refractivity contribution in [1.82, 2.24) is 9.88 Å². The summed E-state index contributed by atoms with van der Waals surface area (Å²) >= 11 is 0. The Morgan fingerprint density at radius 1 is 1.00 bits per heavy atom. The van der Waals surface area contributed by atoms with Crippen LogP contribution in [0.3, 0.4) is 0 Å². The van der Waals surface area contributed by atoms with Crippen molar-refractivity contribution in [3.05, 3.63) is 70.1 Å². The highest BCUT2D eigenvalue weighted by Crippen LogP contribution is 2.08. The number of hydrogen-bond acceptors (Lipinski definition) is 2. The van der Waals surface area contributed by atoms with Gasteiger partial charge in [0.25, 0.3) is 5.56 Å². The van der Waals surface area contributed by atoms with Crippen LogP contribution in [0.5, 0.6) is 0 Å². The van der Waals surface area contributed by atoms with E-state index in [4.69, 9.17) is 0 Å². The van der Waals surface area contributed by atoms with Gasteiger partial charge in [-0.25, -0.2) is 0 Å². The normalized spacial score (nSPS) is 11.0. The molecule has 0 aliphatic rings. The quantitative estimate of drug-likeness (QED) is 0.810. The first-order valence-electron chi connectivity index (χ1n) is 8.17. The van der Waals surface area contributed by atoms with E-state index in [-0.39, 0.29) is 5.56 Å². The van der Waals surface area contributed by atoms with Crippen molar-refractivity contribution in [2.24, 2.45) is 5.92 Å². The Hall–Kier alpha value is -1.87. The van der Waals surface area contributed by atoms with Gasteiger partial charge >= 0.3 is 0 Å². The third-order valence-electron chi connectivity index (χ3n) is 4.19. The molecule has 118 valence electrons. The Morgan fingerprint density at radius 3 is 2.32 bits per heavy atom. The van der Waals surface area contributed by atoms with E-state index in [2.05, 4.69) is 43.4 Å². The number of aromatic nitrogens is 1. The van der Waals surface area contributed by atoms with Gasteiger partial charge in [-0.1, -0.05) is 57.0 Å². The molecule has 1 aromatic heterocycles. The van der Waals surface area contributed by atoms with Crippen LogP contribution in [0, 0.1) is 5.92 Å². The van der Waals surface area contributed by atoms with Crippen molar-refractivity contribution in [3.63, 3.8) is 0 Å². The summed E-state index contributed by atoms with van der Waals surface area (Å²) in [5.41, 5.74) is 2.48. The Balaban J connectivity index is 1.88. The third kappa shape index (κ3) is 4.85. The van der Waals surface area contributed by atoms with Gasteiger partial charge in [-0.15, -0.1) is 0 Å². The highest BCUT2D eigenvalue weighted by atomic mass is 16.1. The molecule has 0 atom stereocenters. The molecule has 3 heteroatoms. The monoisotopic (exact) mass is 298 g/mol. The van der Waals surface area contributed by atoms with Gasteiger partial charge in [0.05, 0.1) is 6.54 Å². The third-order valence-corrected chi connectivity index (χ3v) is 4.19. The maximum absolute atomic E-state index is 11.7. The summed E-state index contributed by atoms with van der Waals surface area (Å²) < 4.78 is 1.72. The SMILES string of the molecule is CCC(CC)CNCc1ccc(Cn2ccccc2=O)cc1. The summed E-state index contributed by atoms with van der Waals surface area (Å²) in [6.07, 6.45) is 4.29. The molecule has 0 aliphatic heterocycles. The van der Waals surface area contributed by atoms with Crippen LogP contribution in [0.15, 0.2) is 53.5 Å². The van der Waals surface area contributed by atoms with Crippen LogP contribution in [0.2, 0.25) is 0 Å². The lowest BCUT2D eigenvalue weighted by atomic mass is 10.0. The van der Waals surface area contributed by atoms with E-state index in [0.29, 0.717) is 6.54 Å². The molecule has 22 heavy (non-hydrogen) atoms. The van der Waals surface area contributed by atoms with Crippen LogP contribution in [-0.2, 0) is 13.1 Å². The zero-order chi connectivity index (χ0) is 15.8. The Labute approximate surface area is 133 Å². The smallest absolute Gasteiger partial charge is 0.250 e. The topological polar surface area (TPSA) is 34.0 Å². The first-order chi connectivity index (χ1) is 10.7. The van der Waals surface area contributed by atoms with Crippen LogP contribution in [0.25, 0.3) is 0 Å². The van der Waals surface area contributed by atoms with Gasteiger partial charge in [0.2, 0.25) is 0 Å². The molecule has 0 fully saturated rings. The van der Waals surface area contributed by atoms with E-state index in [1.165, 1.54) is 18.4 Å². The maximum Gasteiger partial charge on any atom is 0.250 e. The molecule has 3 nitrogen and oxygen atoms in total. The van der Waals surface area contributed by atoms with Crippen LogP contribution >= 0.6 is 0 Å². The molecule has 0 bridgehead atoms. The summed E-state index contributed by atoms with van der Waals surface area (Å²) in [5, 5.41) is 3.53. The molecule has 1 N–H and O–H groups in total. The molecule has 0 radical (unpaired) electrons. The molecule has 0 amide bonds. The molecular weight excluding hydrogens is 272 g/mol. The van der Waals surface area contributed by atoms with Gasteiger partial charge in [-0.05, 0) is 29.7 Å². The van der Waals surface area contributed by atoms with Crippen molar-refractivity contribution in [1.29, 1.82) is 0 Å². The fourth-order valence-electron chi connectivity index (χ4n) is 2.55. The fourth-order valence-corrected chi connectivity index (χ4v) is 2.55. The van der Waals surface area contributed by atoms with E-state index in [0.717, 1.165) is 24.6 Å². The minimum atomic E-state index is 0.0402. The summed E-state index contributed by atoms with van der Waals surface area (Å²) in [7, 11) is 0. The Morgan fingerprint density at radius 2 is 1.68 bits per heavy atom. The lowest BCUT2D eigenvalue weighted by Gasteiger charge is -2.13. The van der Waals surface area contributed by atoms with Crippen molar-refractivity contribution in [2.45, 2.75) is 39.8 Å². The van der Waals surface area contributed by atoms with Crippen molar-refractivity contribution in [3.8, 4) is 0 Å². The van der Waals surface area contributed by atoms with Gasteiger partial charge < -0.3 is 9.88 Å². The van der Waals surface area contributed by atoms with Crippen LogP contribution < -0.4 is 10.9 Å². The summed E-state index contributed by atoms with van der Waals surface area (Å²) in [4.78, 5) is 11.7. The molecule has 0 unspecified atom stereocenters. The molecule has 0 saturated heterocycles. The predicted octanol–water partition coefficient (Wildman–Crippen LogP) is 3.42. The standard InChI is InChI=1S/C19H26N2O/c1-3-16(4-2)13-20-14-17-8-10-18(11-9-17)15-21-12-6-5-7-19(21)22/h5-12,16,20H,3-4,13-15H2,1-2H3. The maximum atomic E-state index is 11.7. The summed E-state index contributed by atoms with van der Waals surface area (Å²) in [5.74, 6) is 0.768. The van der Waals surface area contributed by atoms with Crippen LogP contribution in [-0.4, -0.2) is 11.1 Å². The highest BCUT2D eigenvalue weighted by molar-refractivity contribution is 5.22. The van der Waals surface area contributed by atoms with Crippen LogP contribution in [0.1, 0.15) is 37.8 Å². The van der Waals surface area contributed by atoms with E-state index in [1.807, 2.05) is 12.3 Å². The molecular formula is C19H26N2O. The zero-order valence-corrected chi connectivity index (χ0v) is 13.6. The minimum Gasteiger partial charge on any atom is -0.312 e. The number of hydrogen-bond donors (Lipinski definition) is 1. The van der Waals surface area contributed by atoms with Gasteiger partial charge in [0.1, 0.15) is 0 Å². The van der Waals surface area contributed by atoms with Crippen LogP contribution in [0.4, 0.5) is 0 Å². The lowest BCUT2D eigenvalue weighted by Crippen LogP contribution is -2.21. The Kier molecular flexibility index (Phi) is 6.41. The molecule has 1 aromatic carbocycles. The van der Waals surface area contributed by atoms with Gasteiger partial charge in [0.15, 0.2) is 0 Å². The van der Waals surface area contributed by atoms with E-state index in [9.17, 15) is 4.79 Å². The summed E-state index contributed by atoms with van der Waals surface area (Å²) in [6.45, 7) is 7.10. The van der Waals surface area contributed by atoms with E-state index >= 15 is 0 Å². The molecule has 2 rings (SSSR count). The molecule has 2 aromatic rings. The Bertz CT molecular complexity index is 612. The van der Waals surface area contributed by atoms with E-state index in [1.54, 1.807) is 16.7 Å². The zero-order valence-electron chi connectivity index (χ0n) is 13.6. The molecule has 1 heterocycles. The average molecular weight is 298 g/mol. The van der Waals surface area contributed by atoms with Gasteiger partial charge in [-0.2, -0.15) is 0 Å². The summed E-state index contributed by atoms with van der Waals surface area (Å²) in [6, 6.07) is 13.7. The second kappa shape index (κ2) is 8.54. The predicted molar refractivity (Wildman–Crippen MR) is 92.0 cm³/mol. The number of rotatable bonds is 8. The molecule has 0 saturated carbocycles. The minimum absolute atomic E-state index is 0.0402. The first kappa shape index (κ1) is 16.5. The highest BCUT2D eigenvalue weighted by Gasteiger charge is 2.02. The van der Waals surface area contributed by atoms with E-state index < -0.39 is 0 Å². The fraction of sp³-hybridized carbons (Fsp3) is 0.421. The number of pyridine rings is 1. The van der Waals surface area contributed by atoms with Crippen molar-refractivity contribution in [2.75, 3.05) is 6.54 Å². The number of benzene rings is 1. The second-order valence-electron chi connectivity index (χ2n) is 5.80. The molecule has 0 aliphatic carbocycles. The van der Waals surface area contributed by atoms with Crippen molar-refractivity contribution < 1.29 is 0 Å². The van der Waals surface area contributed by atoms with Gasteiger partial charge in [0, 0.05) is 18.8 Å². The lowest BCUT2D eigenvalue weighted by molar-refractivity contribution is 0.449. The van der Waals surface area contributed by atoms with Gasteiger partial charge in [-0.3, -0.25) is 4.79 Å². The van der Waals surface area contributed by atoms with Crippen molar-refractivity contribution >= 4 is 0 Å².